The van der Waals surface area contributed by atoms with Crippen molar-refractivity contribution < 1.29 is 4.79 Å². The van der Waals surface area contributed by atoms with Crippen molar-refractivity contribution in [3.8, 4) is 0 Å². The smallest absolute Gasteiger partial charge is 0.219 e. The number of carbonyl (C=O) groups excluding carboxylic acids is 1. The average molecular weight is 273 g/mol. The second-order valence-electron chi connectivity index (χ2n) is 4.30. The number of hydrogen-bond acceptors (Lipinski definition) is 2. The Morgan fingerprint density at radius 1 is 0.944 bits per heavy atom. The molecule has 0 aliphatic heterocycles. The molecule has 0 spiro atoms. The summed E-state index contributed by atoms with van der Waals surface area (Å²) in [6.07, 6.45) is 6.09. The Morgan fingerprint density at radius 3 is 2.11 bits per heavy atom. The minimum absolute atomic E-state index is 0.137. The van der Waals surface area contributed by atoms with Crippen LogP contribution in [0.2, 0.25) is 0 Å². The van der Waals surface area contributed by atoms with Crippen molar-refractivity contribution in [1.82, 2.24) is 16.0 Å². The minimum Gasteiger partial charge on any atom is -0.363 e. The Labute approximate surface area is 116 Å². The number of hydrogen-bond donors (Lipinski definition) is 3. The lowest BCUT2D eigenvalue weighted by Crippen LogP contribution is -2.36. The zero-order chi connectivity index (χ0) is 13.6. The molecule has 0 bridgehead atoms. The van der Waals surface area contributed by atoms with Crippen LogP contribution in [0.1, 0.15) is 52.4 Å². The van der Waals surface area contributed by atoms with Gasteiger partial charge in [-0.3, -0.25) is 4.79 Å². The highest BCUT2D eigenvalue weighted by Gasteiger charge is 1.99. The first-order valence-electron chi connectivity index (χ1n) is 6.99. The second kappa shape index (κ2) is 12.6. The van der Waals surface area contributed by atoms with Crippen LogP contribution in [0.4, 0.5) is 0 Å². The molecule has 5 heteroatoms. The third-order valence-electron chi connectivity index (χ3n) is 2.56. The summed E-state index contributed by atoms with van der Waals surface area (Å²) in [5, 5.41) is 9.85. The summed E-state index contributed by atoms with van der Waals surface area (Å²) in [7, 11) is 0. The molecule has 0 aromatic rings. The largest absolute Gasteiger partial charge is 0.363 e. The van der Waals surface area contributed by atoms with Crippen molar-refractivity contribution in [3.05, 3.63) is 0 Å². The Morgan fingerprint density at radius 2 is 1.56 bits per heavy atom. The number of amides is 1. The molecule has 0 aromatic heterocycles. The van der Waals surface area contributed by atoms with Gasteiger partial charge >= 0.3 is 0 Å². The van der Waals surface area contributed by atoms with Gasteiger partial charge in [0.15, 0.2) is 5.11 Å². The first-order chi connectivity index (χ1) is 8.70. The highest BCUT2D eigenvalue weighted by Crippen LogP contribution is 1.94. The van der Waals surface area contributed by atoms with Gasteiger partial charge in [-0.25, -0.2) is 0 Å². The van der Waals surface area contributed by atoms with Crippen LogP contribution >= 0.6 is 12.2 Å². The number of carbonyl (C=O) groups is 1. The van der Waals surface area contributed by atoms with E-state index in [0.717, 1.165) is 37.5 Å². The molecule has 1 amide bonds. The van der Waals surface area contributed by atoms with E-state index in [1.165, 1.54) is 12.8 Å². The fourth-order valence-electron chi connectivity index (χ4n) is 1.54. The molecule has 0 fully saturated rings. The molecule has 4 nitrogen and oxygen atoms in total. The van der Waals surface area contributed by atoms with Crippen LogP contribution in [0.25, 0.3) is 0 Å². The van der Waals surface area contributed by atoms with Crippen LogP contribution in [0.15, 0.2) is 0 Å². The predicted octanol–water partition coefficient (Wildman–Crippen LogP) is 1.95. The van der Waals surface area contributed by atoms with E-state index in [9.17, 15) is 4.79 Å². The van der Waals surface area contributed by atoms with E-state index >= 15 is 0 Å². The minimum atomic E-state index is 0.137. The van der Waals surface area contributed by atoms with E-state index in [1.807, 2.05) is 6.92 Å². The molecule has 0 rings (SSSR count). The zero-order valence-electron chi connectivity index (χ0n) is 11.7. The normalized spacial score (nSPS) is 9.89. The molecule has 0 heterocycles. The molecule has 0 saturated heterocycles. The zero-order valence-corrected chi connectivity index (χ0v) is 12.5. The maximum atomic E-state index is 11.2. The summed E-state index contributed by atoms with van der Waals surface area (Å²) in [6, 6.07) is 0. The van der Waals surface area contributed by atoms with Crippen LogP contribution in [-0.4, -0.2) is 30.7 Å². The molecule has 0 unspecified atom stereocenters. The number of rotatable bonds is 10. The van der Waals surface area contributed by atoms with Crippen molar-refractivity contribution in [2.75, 3.05) is 19.6 Å². The Kier molecular flexibility index (Phi) is 12.0. The van der Waals surface area contributed by atoms with Gasteiger partial charge < -0.3 is 16.0 Å². The summed E-state index contributed by atoms with van der Waals surface area (Å²) < 4.78 is 0. The summed E-state index contributed by atoms with van der Waals surface area (Å²) in [5.74, 6) is 0.137. The number of unbranched alkanes of at least 4 members (excludes halogenated alkanes) is 3. The Bertz CT molecular complexity index is 234. The first-order valence-corrected chi connectivity index (χ1v) is 7.39. The van der Waals surface area contributed by atoms with E-state index in [1.54, 1.807) is 0 Å². The predicted molar refractivity (Wildman–Crippen MR) is 80.7 cm³/mol. The standard InChI is InChI=1S/C13H27N3OS/c1-3-5-7-10-15-13(18)16-11-8-6-9-12(17)14-4-2/h3-11H2,1-2H3,(H,14,17)(H2,15,16,18). The van der Waals surface area contributed by atoms with E-state index in [2.05, 4.69) is 22.9 Å². The molecular formula is C13H27N3OS. The topological polar surface area (TPSA) is 53.2 Å². The average Bonchev–Trinajstić information content (AvgIpc) is 2.34. The molecule has 0 aliphatic carbocycles. The van der Waals surface area contributed by atoms with Gasteiger partial charge in [0.05, 0.1) is 0 Å². The van der Waals surface area contributed by atoms with Gasteiger partial charge in [0.25, 0.3) is 0 Å². The fraction of sp³-hybridized carbons (Fsp3) is 0.846. The Balaban J connectivity index is 3.27. The molecule has 0 aromatic carbocycles. The second-order valence-corrected chi connectivity index (χ2v) is 4.71. The van der Waals surface area contributed by atoms with Crippen molar-refractivity contribution in [3.63, 3.8) is 0 Å². The lowest BCUT2D eigenvalue weighted by atomic mass is 10.2. The monoisotopic (exact) mass is 273 g/mol. The number of thiocarbonyl (C=S) groups is 1. The van der Waals surface area contributed by atoms with Crippen molar-refractivity contribution in [2.24, 2.45) is 0 Å². The van der Waals surface area contributed by atoms with Crippen LogP contribution in [0.5, 0.6) is 0 Å². The summed E-state index contributed by atoms with van der Waals surface area (Å²) in [5.41, 5.74) is 0. The van der Waals surface area contributed by atoms with E-state index in [-0.39, 0.29) is 5.91 Å². The van der Waals surface area contributed by atoms with E-state index in [4.69, 9.17) is 12.2 Å². The molecule has 0 radical (unpaired) electrons. The maximum Gasteiger partial charge on any atom is 0.219 e. The third-order valence-corrected chi connectivity index (χ3v) is 2.84. The fourth-order valence-corrected chi connectivity index (χ4v) is 1.74. The highest BCUT2D eigenvalue weighted by molar-refractivity contribution is 7.80. The lowest BCUT2D eigenvalue weighted by Gasteiger charge is -2.10. The quantitative estimate of drug-likeness (QED) is 0.421. The summed E-state index contributed by atoms with van der Waals surface area (Å²) in [4.78, 5) is 11.2. The van der Waals surface area contributed by atoms with E-state index < -0.39 is 0 Å². The van der Waals surface area contributed by atoms with Gasteiger partial charge in [-0.1, -0.05) is 19.8 Å². The SMILES string of the molecule is CCCCCNC(=S)NCCCCC(=O)NCC. The molecule has 106 valence electrons. The summed E-state index contributed by atoms with van der Waals surface area (Å²) >= 11 is 5.14. The lowest BCUT2D eigenvalue weighted by molar-refractivity contribution is -0.121. The molecule has 0 atom stereocenters. The van der Waals surface area contributed by atoms with Gasteiger partial charge in [0.2, 0.25) is 5.91 Å². The molecule has 0 aliphatic rings. The van der Waals surface area contributed by atoms with Crippen molar-refractivity contribution >= 4 is 23.2 Å². The van der Waals surface area contributed by atoms with Crippen LogP contribution < -0.4 is 16.0 Å². The Hall–Kier alpha value is -0.840. The molecule has 3 N–H and O–H groups in total. The first kappa shape index (κ1) is 17.2. The van der Waals surface area contributed by atoms with Gasteiger partial charge in [-0.05, 0) is 38.4 Å². The van der Waals surface area contributed by atoms with Crippen LogP contribution in [0, 0.1) is 0 Å². The van der Waals surface area contributed by atoms with Gasteiger partial charge in [-0.2, -0.15) is 0 Å². The van der Waals surface area contributed by atoms with Crippen molar-refractivity contribution in [1.29, 1.82) is 0 Å². The maximum absolute atomic E-state index is 11.2. The molecular weight excluding hydrogens is 246 g/mol. The van der Waals surface area contributed by atoms with Gasteiger partial charge in [0, 0.05) is 26.1 Å². The van der Waals surface area contributed by atoms with Gasteiger partial charge in [0.1, 0.15) is 0 Å². The summed E-state index contributed by atoms with van der Waals surface area (Å²) in [6.45, 7) is 6.60. The van der Waals surface area contributed by atoms with Crippen LogP contribution in [-0.2, 0) is 4.79 Å². The van der Waals surface area contributed by atoms with E-state index in [0.29, 0.717) is 13.0 Å². The van der Waals surface area contributed by atoms with Crippen LogP contribution in [0.3, 0.4) is 0 Å². The number of nitrogens with one attached hydrogen (secondary N) is 3. The highest BCUT2D eigenvalue weighted by atomic mass is 32.1. The molecule has 0 saturated carbocycles. The van der Waals surface area contributed by atoms with Gasteiger partial charge in [-0.15, -0.1) is 0 Å². The van der Waals surface area contributed by atoms with Crippen molar-refractivity contribution in [2.45, 2.75) is 52.4 Å². The molecule has 18 heavy (non-hydrogen) atoms. The third kappa shape index (κ3) is 11.6.